The number of hydrogen-bond donors (Lipinski definition) is 10. The van der Waals surface area contributed by atoms with Crippen LogP contribution in [0.2, 0.25) is 0 Å². The number of aliphatic hydroxyl groups is 4. The van der Waals surface area contributed by atoms with E-state index >= 15 is 0 Å². The summed E-state index contributed by atoms with van der Waals surface area (Å²) in [7, 11) is -24.0. The van der Waals surface area contributed by atoms with Crippen LogP contribution in [0.25, 0.3) is 22.3 Å². The lowest BCUT2D eigenvalue weighted by molar-refractivity contribution is -0.0505. The van der Waals surface area contributed by atoms with E-state index in [9.17, 15) is 63.1 Å². The van der Waals surface area contributed by atoms with E-state index in [4.69, 9.17) is 15.2 Å². The number of phosphoric acid groups is 4. The van der Waals surface area contributed by atoms with Crippen molar-refractivity contribution in [3.05, 3.63) is 35.7 Å². The Kier molecular flexibility index (Phi) is 10.9. The van der Waals surface area contributed by atoms with Crippen molar-refractivity contribution in [1.82, 2.24) is 39.0 Å². The Morgan fingerprint density at radius 2 is 1.13 bits per heavy atom. The number of fused-ring (bicyclic) bond motifs is 2. The van der Waals surface area contributed by atoms with Gasteiger partial charge < -0.3 is 60.2 Å². The van der Waals surface area contributed by atoms with Gasteiger partial charge in [-0.05, 0) is 0 Å². The van der Waals surface area contributed by atoms with E-state index in [0.717, 1.165) is 34.4 Å². The Balaban J connectivity index is 1.01. The number of hydrogen-bond acceptors (Lipinski definition) is 22. The van der Waals surface area contributed by atoms with E-state index in [0.29, 0.717) is 0 Å². The summed E-state index contributed by atoms with van der Waals surface area (Å²) in [5, 5.41) is 41.7. The van der Waals surface area contributed by atoms with Crippen molar-refractivity contribution in [2.45, 2.75) is 49.1 Å². The summed E-state index contributed by atoms with van der Waals surface area (Å²) in [5.74, 6) is -0.0179. The molecule has 2 aliphatic rings. The van der Waals surface area contributed by atoms with Crippen LogP contribution in [0.1, 0.15) is 12.5 Å². The molecule has 4 unspecified atom stereocenters. The Hall–Kier alpha value is -2.98. The molecule has 0 aliphatic carbocycles. The number of nitrogen functional groups attached to an aromatic ring is 1. The van der Waals surface area contributed by atoms with E-state index in [1.165, 1.54) is 0 Å². The molecule has 4 aromatic rings. The number of imidazole rings is 2. The summed E-state index contributed by atoms with van der Waals surface area (Å²) in [4.78, 5) is 73.2. The second kappa shape index (κ2) is 14.6. The molecule has 33 heteroatoms. The zero-order chi connectivity index (χ0) is 38.7. The normalized spacial score (nSPS) is 30.9. The Labute approximate surface area is 291 Å². The molecule has 2 fully saturated rings. The first-order valence-corrected chi connectivity index (χ1v) is 20.3. The zero-order valence-electron chi connectivity index (χ0n) is 25.8. The maximum Gasteiger partial charge on any atom is 0.490 e. The minimum absolute atomic E-state index is 0.0179. The van der Waals surface area contributed by atoms with Gasteiger partial charge in [-0.2, -0.15) is 12.9 Å². The molecule has 0 bridgehead atoms. The topological polar surface area (TPSA) is 428 Å². The smallest absolute Gasteiger partial charge is 0.387 e. The third-order valence-corrected chi connectivity index (χ3v) is 13.3. The number of aromatic nitrogens is 8. The van der Waals surface area contributed by atoms with Crippen molar-refractivity contribution in [2.24, 2.45) is 0 Å². The first-order valence-electron chi connectivity index (χ1n) is 14.3. The SMILES string of the molecule is Nc1ncnc2c1ncn2[C@@H]1O[C@H](COP(=O)(O)OP(=O)(O)OP(=O)(O)OP(=O)(O)OC[C@@H]2O[C@H](n3cnc4c(=O)[nH]cnc43)[C@@H](O)[C@H]2O)[C@@H](O)[C@H]1O. The van der Waals surface area contributed by atoms with Crippen LogP contribution in [0.3, 0.4) is 0 Å². The predicted molar refractivity (Wildman–Crippen MR) is 164 cm³/mol. The molecule has 0 aromatic carbocycles. The van der Waals surface area contributed by atoms with Gasteiger partial charge in [0.25, 0.3) is 5.56 Å². The monoisotopic (exact) mass is 837 g/mol. The van der Waals surface area contributed by atoms with E-state index in [-0.39, 0.29) is 28.1 Å². The number of ether oxygens (including phenoxy) is 2. The summed E-state index contributed by atoms with van der Waals surface area (Å²) < 4.78 is 83.2. The van der Waals surface area contributed by atoms with E-state index in [1.807, 2.05) is 0 Å². The lowest BCUT2D eigenvalue weighted by Gasteiger charge is -2.21. The maximum absolute atomic E-state index is 12.4. The fourth-order valence-corrected chi connectivity index (χ4v) is 10.1. The highest BCUT2D eigenvalue weighted by atomic mass is 31.3. The molecule has 0 amide bonds. The Morgan fingerprint density at radius 1 is 0.679 bits per heavy atom. The summed E-state index contributed by atoms with van der Waals surface area (Å²) in [6, 6.07) is 0. The van der Waals surface area contributed by atoms with Gasteiger partial charge in [0.2, 0.25) is 0 Å². The van der Waals surface area contributed by atoms with Gasteiger partial charge in [-0.3, -0.25) is 23.0 Å². The second-order valence-electron chi connectivity index (χ2n) is 10.9. The molecule has 0 radical (unpaired) electrons. The average Bonchev–Trinajstić information content (AvgIpc) is 3.80. The van der Waals surface area contributed by atoms with E-state index in [1.54, 1.807) is 0 Å². The molecule has 292 valence electrons. The third kappa shape index (κ3) is 8.48. The minimum atomic E-state index is -6.21. The first-order chi connectivity index (χ1) is 24.7. The van der Waals surface area contributed by atoms with Crippen molar-refractivity contribution in [2.75, 3.05) is 18.9 Å². The molecule has 0 saturated carbocycles. The fourth-order valence-electron chi connectivity index (χ4n) is 5.10. The first kappa shape index (κ1) is 39.7. The number of nitrogens with zero attached hydrogens (tertiary/aromatic N) is 7. The highest BCUT2D eigenvalue weighted by Crippen LogP contribution is 2.71. The molecule has 6 heterocycles. The van der Waals surface area contributed by atoms with Crippen LogP contribution in [0.15, 0.2) is 30.1 Å². The summed E-state index contributed by atoms with van der Waals surface area (Å²) >= 11 is 0. The van der Waals surface area contributed by atoms with Crippen LogP contribution in [0.4, 0.5) is 5.82 Å². The largest absolute Gasteiger partial charge is 0.490 e. The lowest BCUT2D eigenvalue weighted by Crippen LogP contribution is -2.33. The summed E-state index contributed by atoms with van der Waals surface area (Å²) in [5.41, 5.74) is 5.04. The molecule has 53 heavy (non-hydrogen) atoms. The van der Waals surface area contributed by atoms with Crippen molar-refractivity contribution >= 4 is 59.4 Å². The van der Waals surface area contributed by atoms with Crippen LogP contribution in [0.5, 0.6) is 0 Å². The highest BCUT2D eigenvalue weighted by molar-refractivity contribution is 7.69. The molecule has 2 aliphatic heterocycles. The molecule has 11 N–H and O–H groups in total. The standard InChI is InChI=1S/C20H27N9O20P4/c21-15-9-16(23-3-22-15)28(5-26-9)19-13(32)11(30)7(45-19)1-43-50(35,36)47-52(39,40)49-53(41,42)48-51(37,38)44-2-8-12(31)14(33)20(46-8)29-6-27-10-17(29)24-4-25-18(10)34/h3-8,11-14,19-20,30-33H,1-2H2,(H,35,36)(H,37,38)(H,39,40)(H,41,42)(H2,21,22,23)(H,24,25,34)/t7-,8+,11-,12+,13-,14+,19-,20+/m1/s1. The van der Waals surface area contributed by atoms with Gasteiger partial charge in [0, 0.05) is 0 Å². The fraction of sp³-hybridized carbons (Fsp3) is 0.500. The summed E-state index contributed by atoms with van der Waals surface area (Å²) in [6.45, 7) is -2.25. The molecule has 12 atom stereocenters. The quantitative estimate of drug-likeness (QED) is 0.0576. The number of nitrogens with two attached hydrogens (primary N) is 1. The molecule has 6 rings (SSSR count). The van der Waals surface area contributed by atoms with E-state index in [2.05, 4.69) is 51.9 Å². The number of rotatable bonds is 14. The average molecular weight is 837 g/mol. The van der Waals surface area contributed by atoms with Crippen LogP contribution in [-0.4, -0.2) is 129 Å². The van der Waals surface area contributed by atoms with Crippen LogP contribution in [-0.2, 0) is 49.7 Å². The van der Waals surface area contributed by atoms with Crippen molar-refractivity contribution in [1.29, 1.82) is 0 Å². The molecule has 0 spiro atoms. The number of aromatic amines is 1. The third-order valence-electron chi connectivity index (χ3n) is 7.40. The van der Waals surface area contributed by atoms with Crippen LogP contribution < -0.4 is 11.3 Å². The Bertz CT molecular complexity index is 2250. The van der Waals surface area contributed by atoms with Crippen molar-refractivity contribution in [3.63, 3.8) is 0 Å². The molecular formula is C20H27N9O20P4. The lowest BCUT2D eigenvalue weighted by atomic mass is 10.1. The minimum Gasteiger partial charge on any atom is -0.387 e. The van der Waals surface area contributed by atoms with Crippen molar-refractivity contribution in [3.8, 4) is 0 Å². The van der Waals surface area contributed by atoms with Crippen LogP contribution in [0, 0.1) is 0 Å². The Morgan fingerprint density at radius 3 is 1.64 bits per heavy atom. The van der Waals surface area contributed by atoms with Gasteiger partial charge in [0.15, 0.2) is 35.1 Å². The van der Waals surface area contributed by atoms with Gasteiger partial charge >= 0.3 is 31.3 Å². The number of phosphoric ester groups is 2. The zero-order valence-corrected chi connectivity index (χ0v) is 29.4. The van der Waals surface area contributed by atoms with Gasteiger partial charge in [-0.15, -0.1) is 0 Å². The van der Waals surface area contributed by atoms with Gasteiger partial charge in [-0.25, -0.2) is 43.2 Å². The molecule has 29 nitrogen and oxygen atoms in total. The molecule has 2 saturated heterocycles. The number of anilines is 1. The predicted octanol–water partition coefficient (Wildman–Crippen LogP) is -2.74. The number of nitrogens with one attached hydrogen (secondary N) is 1. The highest BCUT2D eigenvalue weighted by Gasteiger charge is 2.50. The van der Waals surface area contributed by atoms with Gasteiger partial charge in [0.05, 0.1) is 32.2 Å². The summed E-state index contributed by atoms with van der Waals surface area (Å²) in [6.07, 6.45) is -8.97. The van der Waals surface area contributed by atoms with Crippen LogP contribution >= 0.6 is 31.3 Å². The second-order valence-corrected chi connectivity index (χ2v) is 17.2. The maximum atomic E-state index is 12.4. The van der Waals surface area contributed by atoms with E-state index < -0.39 is 99.1 Å². The van der Waals surface area contributed by atoms with Gasteiger partial charge in [0.1, 0.15) is 48.5 Å². The molecule has 4 aromatic heterocycles. The van der Waals surface area contributed by atoms with Gasteiger partial charge in [-0.1, -0.05) is 0 Å². The number of aliphatic hydroxyl groups excluding tert-OH is 4. The number of H-pyrrole nitrogens is 1. The van der Waals surface area contributed by atoms with Crippen molar-refractivity contribution < 1.29 is 89.7 Å². The molecular weight excluding hydrogens is 810 g/mol.